The van der Waals surface area contributed by atoms with Crippen LogP contribution in [0.25, 0.3) is 0 Å². The quantitative estimate of drug-likeness (QED) is 0.917. The third-order valence-electron chi connectivity index (χ3n) is 2.95. The van der Waals surface area contributed by atoms with E-state index in [1.807, 2.05) is 6.92 Å². The number of aromatic nitrogens is 3. The van der Waals surface area contributed by atoms with E-state index >= 15 is 0 Å². The largest absolute Gasteiger partial charge is 0.323 e. The standard InChI is InChI=1S/C13H15F3N4/c1-2-3-20-12(18-7-19-20)6-11(17)13-9(15)4-8(14)5-10(13)16/h4-5,7,11H,2-3,6,17H2,1H3. The number of nitrogens with zero attached hydrogens (tertiary/aromatic N) is 3. The number of hydrogen-bond donors (Lipinski definition) is 1. The summed E-state index contributed by atoms with van der Waals surface area (Å²) in [6.07, 6.45) is 2.35. The molecule has 0 saturated carbocycles. The summed E-state index contributed by atoms with van der Waals surface area (Å²) in [4.78, 5) is 4.03. The monoisotopic (exact) mass is 284 g/mol. The average Bonchev–Trinajstić information content (AvgIpc) is 2.75. The number of halogens is 3. The molecular formula is C13H15F3N4. The van der Waals surface area contributed by atoms with Gasteiger partial charge in [0.1, 0.15) is 29.6 Å². The zero-order chi connectivity index (χ0) is 14.7. The van der Waals surface area contributed by atoms with Crippen LogP contribution in [0, 0.1) is 17.5 Å². The molecule has 2 aromatic rings. The van der Waals surface area contributed by atoms with Crippen LogP contribution in [0.3, 0.4) is 0 Å². The van der Waals surface area contributed by atoms with E-state index in [1.165, 1.54) is 6.33 Å². The molecule has 4 nitrogen and oxygen atoms in total. The fraction of sp³-hybridized carbons (Fsp3) is 0.385. The van der Waals surface area contributed by atoms with Gasteiger partial charge in [-0.25, -0.2) is 18.2 Å². The molecular weight excluding hydrogens is 269 g/mol. The fourth-order valence-electron chi connectivity index (χ4n) is 2.05. The molecule has 108 valence electrons. The van der Waals surface area contributed by atoms with Crippen molar-refractivity contribution in [2.24, 2.45) is 5.73 Å². The zero-order valence-electron chi connectivity index (χ0n) is 11.0. The highest BCUT2D eigenvalue weighted by Crippen LogP contribution is 2.23. The predicted molar refractivity (Wildman–Crippen MR) is 67.3 cm³/mol. The van der Waals surface area contributed by atoms with E-state index in [0.717, 1.165) is 6.42 Å². The maximum atomic E-state index is 13.6. The number of nitrogens with two attached hydrogens (primary N) is 1. The Morgan fingerprint density at radius 2 is 1.90 bits per heavy atom. The van der Waals surface area contributed by atoms with Crippen LogP contribution in [-0.2, 0) is 13.0 Å². The predicted octanol–water partition coefficient (Wildman–Crippen LogP) is 2.35. The van der Waals surface area contributed by atoms with E-state index in [-0.39, 0.29) is 12.0 Å². The molecule has 1 heterocycles. The summed E-state index contributed by atoms with van der Waals surface area (Å²) in [6.45, 7) is 2.63. The summed E-state index contributed by atoms with van der Waals surface area (Å²) in [7, 11) is 0. The summed E-state index contributed by atoms with van der Waals surface area (Å²) in [5.41, 5.74) is 5.48. The van der Waals surface area contributed by atoms with Gasteiger partial charge in [-0.3, -0.25) is 4.68 Å². The van der Waals surface area contributed by atoms with Crippen molar-refractivity contribution >= 4 is 0 Å². The molecule has 2 N–H and O–H groups in total. The zero-order valence-corrected chi connectivity index (χ0v) is 11.0. The van der Waals surface area contributed by atoms with Gasteiger partial charge in [0.25, 0.3) is 0 Å². The van der Waals surface area contributed by atoms with Gasteiger partial charge in [0.2, 0.25) is 0 Å². The van der Waals surface area contributed by atoms with Crippen LogP contribution in [0.2, 0.25) is 0 Å². The number of aryl methyl sites for hydroxylation is 1. The lowest BCUT2D eigenvalue weighted by molar-refractivity contribution is 0.489. The molecule has 0 aliphatic carbocycles. The number of benzene rings is 1. The molecule has 1 atom stereocenters. The Labute approximate surface area is 114 Å². The van der Waals surface area contributed by atoms with Gasteiger partial charge in [-0.2, -0.15) is 5.10 Å². The van der Waals surface area contributed by atoms with Crippen LogP contribution < -0.4 is 5.73 Å². The SMILES string of the molecule is CCCn1ncnc1CC(N)c1c(F)cc(F)cc1F. The lowest BCUT2D eigenvalue weighted by Gasteiger charge is -2.14. The summed E-state index contributed by atoms with van der Waals surface area (Å²) in [5, 5.41) is 4.01. The van der Waals surface area contributed by atoms with Crippen LogP contribution >= 0.6 is 0 Å². The molecule has 0 aliphatic rings. The second kappa shape index (κ2) is 6.04. The summed E-state index contributed by atoms with van der Waals surface area (Å²) >= 11 is 0. The van der Waals surface area contributed by atoms with Gasteiger partial charge < -0.3 is 5.73 Å². The Kier molecular flexibility index (Phi) is 4.39. The highest BCUT2D eigenvalue weighted by Gasteiger charge is 2.20. The molecule has 0 aliphatic heterocycles. The highest BCUT2D eigenvalue weighted by atomic mass is 19.1. The average molecular weight is 284 g/mol. The third kappa shape index (κ3) is 2.98. The maximum absolute atomic E-state index is 13.6. The molecule has 2 rings (SSSR count). The molecule has 20 heavy (non-hydrogen) atoms. The van der Waals surface area contributed by atoms with E-state index in [1.54, 1.807) is 4.68 Å². The summed E-state index contributed by atoms with van der Waals surface area (Å²) in [6, 6.07) is 0.291. The minimum absolute atomic E-state index is 0.124. The van der Waals surface area contributed by atoms with Crippen molar-refractivity contribution in [3.63, 3.8) is 0 Å². The van der Waals surface area contributed by atoms with Crippen molar-refractivity contribution in [1.82, 2.24) is 14.8 Å². The molecule has 1 aromatic carbocycles. The Morgan fingerprint density at radius 3 is 2.50 bits per heavy atom. The lowest BCUT2D eigenvalue weighted by atomic mass is 10.0. The second-order valence-corrected chi connectivity index (χ2v) is 4.49. The van der Waals surface area contributed by atoms with Crippen molar-refractivity contribution < 1.29 is 13.2 Å². The Morgan fingerprint density at radius 1 is 1.25 bits per heavy atom. The topological polar surface area (TPSA) is 56.7 Å². The van der Waals surface area contributed by atoms with E-state index in [9.17, 15) is 13.2 Å². The highest BCUT2D eigenvalue weighted by molar-refractivity contribution is 5.24. The Hall–Kier alpha value is -1.89. The Bertz CT molecular complexity index is 574. The first-order valence-corrected chi connectivity index (χ1v) is 6.29. The molecule has 0 bridgehead atoms. The molecule has 7 heteroatoms. The normalized spacial score (nSPS) is 12.7. The van der Waals surface area contributed by atoms with Crippen molar-refractivity contribution in [1.29, 1.82) is 0 Å². The molecule has 0 amide bonds. The van der Waals surface area contributed by atoms with Crippen LogP contribution in [0.15, 0.2) is 18.5 Å². The first kappa shape index (κ1) is 14.5. The van der Waals surface area contributed by atoms with E-state index in [4.69, 9.17) is 5.73 Å². The van der Waals surface area contributed by atoms with Gasteiger partial charge in [0.05, 0.1) is 0 Å². The van der Waals surface area contributed by atoms with Crippen molar-refractivity contribution in [2.45, 2.75) is 32.4 Å². The maximum Gasteiger partial charge on any atom is 0.138 e. The third-order valence-corrected chi connectivity index (χ3v) is 2.95. The first-order valence-electron chi connectivity index (χ1n) is 6.29. The van der Waals surface area contributed by atoms with Crippen LogP contribution in [-0.4, -0.2) is 14.8 Å². The van der Waals surface area contributed by atoms with Crippen molar-refractivity contribution in [3.8, 4) is 0 Å². The van der Waals surface area contributed by atoms with E-state index in [0.29, 0.717) is 24.5 Å². The molecule has 1 aromatic heterocycles. The van der Waals surface area contributed by atoms with Crippen LogP contribution in [0.4, 0.5) is 13.2 Å². The number of rotatable bonds is 5. The molecule has 0 fully saturated rings. The van der Waals surface area contributed by atoms with Gasteiger partial charge in [0.15, 0.2) is 0 Å². The lowest BCUT2D eigenvalue weighted by Crippen LogP contribution is -2.20. The minimum atomic E-state index is -0.989. The molecule has 0 saturated heterocycles. The van der Waals surface area contributed by atoms with E-state index in [2.05, 4.69) is 10.1 Å². The van der Waals surface area contributed by atoms with Gasteiger partial charge in [-0.15, -0.1) is 0 Å². The molecule has 1 unspecified atom stereocenters. The smallest absolute Gasteiger partial charge is 0.138 e. The van der Waals surface area contributed by atoms with Crippen LogP contribution in [0.5, 0.6) is 0 Å². The summed E-state index contributed by atoms with van der Waals surface area (Å²) < 4.78 is 41.8. The minimum Gasteiger partial charge on any atom is -0.323 e. The Balaban J connectivity index is 2.24. The van der Waals surface area contributed by atoms with Gasteiger partial charge in [-0.05, 0) is 6.42 Å². The fourth-order valence-corrected chi connectivity index (χ4v) is 2.05. The van der Waals surface area contributed by atoms with Gasteiger partial charge >= 0.3 is 0 Å². The first-order chi connectivity index (χ1) is 9.52. The van der Waals surface area contributed by atoms with Gasteiger partial charge in [-0.1, -0.05) is 6.92 Å². The molecule has 0 radical (unpaired) electrons. The van der Waals surface area contributed by atoms with Crippen LogP contribution in [0.1, 0.15) is 30.8 Å². The van der Waals surface area contributed by atoms with E-state index < -0.39 is 23.5 Å². The number of hydrogen-bond acceptors (Lipinski definition) is 3. The van der Waals surface area contributed by atoms with Gasteiger partial charge in [0, 0.05) is 36.7 Å². The summed E-state index contributed by atoms with van der Waals surface area (Å²) in [5.74, 6) is -2.40. The molecule has 0 spiro atoms. The van der Waals surface area contributed by atoms with Crippen molar-refractivity contribution in [2.75, 3.05) is 0 Å². The second-order valence-electron chi connectivity index (χ2n) is 4.49. The van der Waals surface area contributed by atoms with Crippen molar-refractivity contribution in [3.05, 3.63) is 47.3 Å².